The Hall–Kier alpha value is -1.47. The van der Waals surface area contributed by atoms with Crippen LogP contribution < -0.4 is 0 Å². The van der Waals surface area contributed by atoms with Gasteiger partial charge < -0.3 is 109 Å². The van der Waals surface area contributed by atoms with Gasteiger partial charge in [-0.05, 0) is 107 Å². The molecule has 4 saturated carbocycles. The summed E-state index contributed by atoms with van der Waals surface area (Å²) >= 11 is 0. The number of carbonyl (C=O) groups excluding carboxylic acids is 1. The number of aliphatic hydroxyl groups excluding tert-OH is 12. The van der Waals surface area contributed by atoms with Gasteiger partial charge in [-0.3, -0.25) is 4.79 Å². The summed E-state index contributed by atoms with van der Waals surface area (Å²) in [5, 5.41) is 151. The van der Waals surface area contributed by atoms with Crippen LogP contribution in [-0.2, 0) is 42.7 Å². The highest BCUT2D eigenvalue weighted by molar-refractivity contribution is 5.86. The fraction of sp³-hybridized carbons (Fsp3) is 0.943. The molecule has 4 aliphatic carbocycles. The molecule has 8 rings (SSSR count). The third-order valence-electron chi connectivity index (χ3n) is 19.9. The first kappa shape index (κ1) is 60.6. The molecule has 23 heteroatoms. The van der Waals surface area contributed by atoms with E-state index in [-0.39, 0.29) is 49.1 Å². The van der Waals surface area contributed by atoms with Gasteiger partial charge in [-0.15, -0.1) is 0 Å². The van der Waals surface area contributed by atoms with Crippen LogP contribution in [0.3, 0.4) is 0 Å². The lowest BCUT2D eigenvalue weighted by atomic mass is 9.35. The molecule has 4 aliphatic heterocycles. The average Bonchev–Trinajstić information content (AvgIpc) is 3.68. The summed E-state index contributed by atoms with van der Waals surface area (Å²) in [6.45, 7) is 13.2. The summed E-state index contributed by atoms with van der Waals surface area (Å²) in [7, 11) is 0. The Morgan fingerprint density at radius 1 is 0.645 bits per heavy atom. The lowest BCUT2D eigenvalue weighted by molar-refractivity contribution is -0.382. The summed E-state index contributed by atoms with van der Waals surface area (Å²) in [5.74, 6) is -1.40. The molecule has 0 unspecified atom stereocenters. The SMILES string of the molecule is C[C@H]1O[C@@H](O[C@H]2[C@@H](O[C@H]3CC[C@@]4(C)[C@H](CC[C@]5(C)[C@@H]4CC[C@@H]4[C@@H]([C@@](C)(O)C/C=C/C(C)(C)O)C(=O)C[C@@]45CO[C@@H]4O[C@@H](CO)[C@@H](O)[C@@H](O)[C@@H]4O)C3(C)C)OC[C@H](O)[C@H]2O)[C@@H](O)[C@@H](O[C@H]2O[C@@H](CO)[C@@H](O)[C@H](O)[C@H]2O)[C@H]1O. The van der Waals surface area contributed by atoms with E-state index in [9.17, 15) is 76.3 Å². The van der Waals surface area contributed by atoms with E-state index in [4.69, 9.17) is 37.9 Å². The average molecular weight is 1090 g/mol. The van der Waals surface area contributed by atoms with Crippen molar-refractivity contribution in [1.82, 2.24) is 0 Å². The van der Waals surface area contributed by atoms with Crippen molar-refractivity contribution in [2.75, 3.05) is 26.4 Å². The number of hydrogen-bond donors (Lipinski definition) is 14. The van der Waals surface area contributed by atoms with E-state index in [1.807, 2.05) is 0 Å². The molecule has 0 aromatic carbocycles. The zero-order valence-electron chi connectivity index (χ0n) is 44.9. The molecule has 4 heterocycles. The predicted octanol–water partition coefficient (Wildman–Crippen LogP) is -2.38. The van der Waals surface area contributed by atoms with E-state index in [2.05, 4.69) is 27.7 Å². The molecule has 8 fully saturated rings. The first-order valence-corrected chi connectivity index (χ1v) is 27.2. The Morgan fingerprint density at radius 2 is 1.24 bits per heavy atom. The second-order valence-corrected chi connectivity index (χ2v) is 25.5. The molecular formula is C53H88O23. The minimum atomic E-state index is -1.86. The van der Waals surface area contributed by atoms with Crippen molar-refractivity contribution in [3.05, 3.63) is 12.2 Å². The van der Waals surface area contributed by atoms with Gasteiger partial charge in [0.05, 0.1) is 49.8 Å². The van der Waals surface area contributed by atoms with E-state index in [1.54, 1.807) is 32.9 Å². The monoisotopic (exact) mass is 1090 g/mol. The lowest BCUT2D eigenvalue weighted by Gasteiger charge is -2.70. The Balaban J connectivity index is 1.03. The summed E-state index contributed by atoms with van der Waals surface area (Å²) in [5.41, 5.74) is -5.21. The number of rotatable bonds is 15. The predicted molar refractivity (Wildman–Crippen MR) is 261 cm³/mol. The van der Waals surface area contributed by atoms with Crippen LogP contribution in [0, 0.1) is 45.3 Å². The Labute approximate surface area is 443 Å². The Kier molecular flexibility index (Phi) is 17.8. The largest absolute Gasteiger partial charge is 0.394 e. The molecule has 4 saturated heterocycles. The van der Waals surface area contributed by atoms with Crippen LogP contribution in [-0.4, -0.2) is 238 Å². The van der Waals surface area contributed by atoms with Crippen LogP contribution in [0.4, 0.5) is 0 Å². The van der Waals surface area contributed by atoms with Crippen LogP contribution in [0.15, 0.2) is 12.2 Å². The van der Waals surface area contributed by atoms with Crippen molar-refractivity contribution in [3.8, 4) is 0 Å². The first-order valence-electron chi connectivity index (χ1n) is 27.2. The second kappa shape index (κ2) is 22.4. The maximum absolute atomic E-state index is 14.7. The van der Waals surface area contributed by atoms with E-state index in [1.165, 1.54) is 6.92 Å². The minimum Gasteiger partial charge on any atom is -0.394 e. The number of fused-ring (bicyclic) bond motifs is 5. The topological polar surface area (TPSA) is 374 Å². The Bertz CT molecular complexity index is 2020. The number of ketones is 1. The maximum Gasteiger partial charge on any atom is 0.187 e. The van der Waals surface area contributed by atoms with Gasteiger partial charge in [0, 0.05) is 17.8 Å². The van der Waals surface area contributed by atoms with Crippen molar-refractivity contribution in [2.24, 2.45) is 45.3 Å². The Morgan fingerprint density at radius 3 is 1.86 bits per heavy atom. The third-order valence-corrected chi connectivity index (χ3v) is 19.9. The van der Waals surface area contributed by atoms with Crippen LogP contribution in [0.2, 0.25) is 0 Å². The lowest BCUT2D eigenvalue weighted by Crippen LogP contribution is -2.67. The summed E-state index contributed by atoms with van der Waals surface area (Å²) in [6, 6.07) is 0. The fourth-order valence-corrected chi connectivity index (χ4v) is 15.7. The molecule has 8 aliphatic rings. The van der Waals surface area contributed by atoms with Gasteiger partial charge >= 0.3 is 0 Å². The summed E-state index contributed by atoms with van der Waals surface area (Å²) in [6.07, 6.45) is -23.2. The van der Waals surface area contributed by atoms with Crippen LogP contribution >= 0.6 is 0 Å². The normalized spacial score (nSPS) is 51.7. The second-order valence-electron chi connectivity index (χ2n) is 25.5. The highest BCUT2D eigenvalue weighted by Gasteiger charge is 2.73. The van der Waals surface area contributed by atoms with Gasteiger partial charge in [0.15, 0.2) is 25.2 Å². The minimum absolute atomic E-state index is 0.00981. The molecule has 0 bridgehead atoms. The van der Waals surface area contributed by atoms with Crippen LogP contribution in [0.25, 0.3) is 0 Å². The number of aliphatic hydroxyl groups is 14. The van der Waals surface area contributed by atoms with Gasteiger partial charge in [0.25, 0.3) is 0 Å². The fourth-order valence-electron chi connectivity index (χ4n) is 15.7. The number of carbonyl (C=O) groups is 1. The highest BCUT2D eigenvalue weighted by atomic mass is 16.8. The van der Waals surface area contributed by atoms with Gasteiger partial charge in [-0.25, -0.2) is 0 Å². The van der Waals surface area contributed by atoms with E-state index in [0.717, 1.165) is 0 Å². The van der Waals surface area contributed by atoms with Crippen molar-refractivity contribution >= 4 is 5.78 Å². The van der Waals surface area contributed by atoms with Crippen molar-refractivity contribution in [1.29, 1.82) is 0 Å². The van der Waals surface area contributed by atoms with E-state index >= 15 is 0 Å². The molecule has 438 valence electrons. The standard InChI is InChI=1S/C53H88O23/c1-23-33(58)42(75-45-40(65)38(63)36(61)28(20-55)73-45)41(66)46(71-23)76-43-34(59)26(57)21-69-47(43)74-31-13-16-50(6)29(49(31,4)5)12-17-51(7)30(50)11-10-24-32(52(8,68)15-9-14-48(2,3)67)25(56)18-53(24,51)22-70-44-39(64)37(62)35(60)27(19-54)72-44/h9,14,23-24,26-47,54-55,57-68H,10-13,15-22H2,1-8H3/b14-9+/t23-,24-,26+,27+,28+,29-,30-,31+,32-,33+,34-,35-,36-,37-,38+,39+,40-,41+,42+,43-,44-,45-,46+,47-,50+,51-,52+,53-/m1/s1. The van der Waals surface area contributed by atoms with Gasteiger partial charge in [0.2, 0.25) is 0 Å². The van der Waals surface area contributed by atoms with Crippen LogP contribution in [0.1, 0.15) is 107 Å². The molecule has 0 radical (unpaired) electrons. The zero-order chi connectivity index (χ0) is 56.0. The maximum atomic E-state index is 14.7. The highest BCUT2D eigenvalue weighted by Crippen LogP contribution is 2.76. The van der Waals surface area contributed by atoms with Crippen molar-refractivity contribution < 1.29 is 114 Å². The summed E-state index contributed by atoms with van der Waals surface area (Å²) in [4.78, 5) is 14.7. The third kappa shape index (κ3) is 10.7. The molecule has 0 amide bonds. The van der Waals surface area contributed by atoms with E-state index < -0.39 is 175 Å². The summed E-state index contributed by atoms with van der Waals surface area (Å²) < 4.78 is 48.7. The van der Waals surface area contributed by atoms with Crippen molar-refractivity contribution in [2.45, 2.75) is 241 Å². The molecule has 0 aromatic heterocycles. The van der Waals surface area contributed by atoms with Crippen molar-refractivity contribution in [3.63, 3.8) is 0 Å². The number of hydrogen-bond acceptors (Lipinski definition) is 23. The molecule has 0 aromatic rings. The van der Waals surface area contributed by atoms with E-state index in [0.29, 0.717) is 38.5 Å². The molecule has 28 atom stereocenters. The number of ether oxygens (including phenoxy) is 8. The number of Topliss-reactive ketones (excluding diaryl/α,β-unsaturated/α-hetero) is 1. The molecule has 23 nitrogen and oxygen atoms in total. The molecule has 14 N–H and O–H groups in total. The van der Waals surface area contributed by atoms with Crippen LogP contribution in [0.5, 0.6) is 0 Å². The van der Waals surface area contributed by atoms with Gasteiger partial charge in [-0.1, -0.05) is 39.8 Å². The molecule has 76 heavy (non-hydrogen) atoms. The zero-order valence-corrected chi connectivity index (χ0v) is 44.9. The molecular weight excluding hydrogens is 1000 g/mol. The quantitative estimate of drug-likeness (QED) is 0.0601. The molecule has 0 spiro atoms. The smallest absolute Gasteiger partial charge is 0.187 e. The van der Waals surface area contributed by atoms with Gasteiger partial charge in [0.1, 0.15) is 91.2 Å². The first-order chi connectivity index (χ1) is 35.4. The van der Waals surface area contributed by atoms with Gasteiger partial charge in [-0.2, -0.15) is 0 Å².